The normalized spacial score (nSPS) is 9.46. The molecule has 0 unspecified atom stereocenters. The minimum Gasteiger partial charge on any atom is -0.368 e. The molecule has 0 aliphatic heterocycles. The molecule has 0 saturated heterocycles. The van der Waals surface area contributed by atoms with Gasteiger partial charge in [0.1, 0.15) is 6.54 Å². The van der Waals surface area contributed by atoms with E-state index in [1.165, 1.54) is 9.80 Å². The Bertz CT molecular complexity index is 194. The minimum absolute atomic E-state index is 0.0142. The van der Waals surface area contributed by atoms with Crippen molar-refractivity contribution in [3.8, 4) is 0 Å². The number of urea groups is 1. The lowest BCUT2D eigenvalue weighted by Crippen LogP contribution is -2.44. The van der Waals surface area contributed by atoms with Crippen LogP contribution >= 0.6 is 0 Å². The topological polar surface area (TPSA) is 66.6 Å². The Morgan fingerprint density at radius 1 is 1.23 bits per heavy atom. The second kappa shape index (κ2) is 5.40. The van der Waals surface area contributed by atoms with Crippen LogP contribution < -0.4 is 5.73 Å². The molecule has 0 rings (SSSR count). The Hall–Kier alpha value is -1.26. The third kappa shape index (κ3) is 3.78. The highest BCUT2D eigenvalue weighted by molar-refractivity contribution is 5.82. The van der Waals surface area contributed by atoms with E-state index in [9.17, 15) is 9.59 Å². The van der Waals surface area contributed by atoms with Crippen LogP contribution in [0.25, 0.3) is 0 Å². The number of amides is 3. The first-order chi connectivity index (χ1) is 6.02. The molecule has 0 aromatic carbocycles. The summed E-state index contributed by atoms with van der Waals surface area (Å²) in [5, 5.41) is 0. The largest absolute Gasteiger partial charge is 0.368 e. The summed E-state index contributed by atoms with van der Waals surface area (Å²) in [5.41, 5.74) is 5.00. The number of carbonyl (C=O) groups is 2. The Labute approximate surface area is 78.5 Å². The van der Waals surface area contributed by atoms with Gasteiger partial charge in [0.2, 0.25) is 5.91 Å². The molecule has 3 amide bonds. The summed E-state index contributed by atoms with van der Waals surface area (Å²) in [6.45, 7) is 4.78. The molecular formula is C8H17N3O2. The van der Waals surface area contributed by atoms with Gasteiger partial charge in [0.25, 0.3) is 0 Å². The van der Waals surface area contributed by atoms with Crippen LogP contribution in [0.15, 0.2) is 0 Å². The average Bonchev–Trinajstić information content (AvgIpc) is 2.11. The van der Waals surface area contributed by atoms with Gasteiger partial charge in [-0.3, -0.25) is 4.79 Å². The number of primary amides is 1. The first kappa shape index (κ1) is 11.7. The van der Waals surface area contributed by atoms with Crippen LogP contribution in [0.5, 0.6) is 0 Å². The molecule has 0 aliphatic rings. The van der Waals surface area contributed by atoms with Gasteiger partial charge in [-0.15, -0.1) is 0 Å². The second-order valence-electron chi connectivity index (χ2n) is 2.78. The van der Waals surface area contributed by atoms with Crippen molar-refractivity contribution in [1.29, 1.82) is 0 Å². The number of hydrogen-bond acceptors (Lipinski definition) is 2. The highest BCUT2D eigenvalue weighted by atomic mass is 16.2. The van der Waals surface area contributed by atoms with E-state index in [2.05, 4.69) is 0 Å². The smallest absolute Gasteiger partial charge is 0.320 e. The molecule has 0 saturated carbocycles. The van der Waals surface area contributed by atoms with Gasteiger partial charge in [-0.05, 0) is 13.8 Å². The van der Waals surface area contributed by atoms with Crippen molar-refractivity contribution in [3.63, 3.8) is 0 Å². The monoisotopic (exact) mass is 187 g/mol. The molecule has 0 fully saturated rings. The maximum Gasteiger partial charge on any atom is 0.320 e. The fourth-order valence-electron chi connectivity index (χ4n) is 0.879. The van der Waals surface area contributed by atoms with Crippen molar-refractivity contribution in [2.45, 2.75) is 13.8 Å². The number of carbonyl (C=O) groups excluding carboxylic acids is 2. The van der Waals surface area contributed by atoms with Crippen LogP contribution in [-0.4, -0.2) is 48.4 Å². The van der Waals surface area contributed by atoms with Crippen molar-refractivity contribution in [2.75, 3.05) is 26.7 Å². The van der Waals surface area contributed by atoms with Crippen molar-refractivity contribution in [1.82, 2.24) is 9.80 Å². The van der Waals surface area contributed by atoms with Crippen LogP contribution in [0.2, 0.25) is 0 Å². The van der Waals surface area contributed by atoms with Gasteiger partial charge >= 0.3 is 6.03 Å². The molecule has 5 nitrogen and oxygen atoms in total. The lowest BCUT2D eigenvalue weighted by molar-refractivity contribution is -0.118. The van der Waals surface area contributed by atoms with Gasteiger partial charge in [-0.25, -0.2) is 4.79 Å². The van der Waals surface area contributed by atoms with Crippen molar-refractivity contribution >= 4 is 11.9 Å². The summed E-state index contributed by atoms with van der Waals surface area (Å²) in [4.78, 5) is 25.0. The number of hydrogen-bond donors (Lipinski definition) is 1. The van der Waals surface area contributed by atoms with Gasteiger partial charge in [0, 0.05) is 20.1 Å². The van der Waals surface area contributed by atoms with E-state index in [1.54, 1.807) is 7.05 Å². The summed E-state index contributed by atoms with van der Waals surface area (Å²) in [5.74, 6) is -0.486. The molecule has 2 N–H and O–H groups in total. The average molecular weight is 187 g/mol. The van der Waals surface area contributed by atoms with E-state index in [1.807, 2.05) is 13.8 Å². The molecule has 0 spiro atoms. The lowest BCUT2D eigenvalue weighted by atomic mass is 10.5. The van der Waals surface area contributed by atoms with Crippen molar-refractivity contribution in [3.05, 3.63) is 0 Å². The third-order valence-electron chi connectivity index (χ3n) is 1.80. The summed E-state index contributed by atoms with van der Waals surface area (Å²) < 4.78 is 0. The molecule has 0 aromatic heterocycles. The minimum atomic E-state index is -0.486. The summed E-state index contributed by atoms with van der Waals surface area (Å²) in [6.07, 6.45) is 0. The number of rotatable bonds is 4. The van der Waals surface area contributed by atoms with Crippen LogP contribution in [0.3, 0.4) is 0 Å². The number of nitrogens with zero attached hydrogens (tertiary/aromatic N) is 2. The molecule has 0 aromatic rings. The first-order valence-electron chi connectivity index (χ1n) is 4.31. The van der Waals surface area contributed by atoms with Gasteiger partial charge < -0.3 is 15.5 Å². The van der Waals surface area contributed by atoms with Gasteiger partial charge in [0.15, 0.2) is 0 Å². The molecule has 0 radical (unpaired) electrons. The van der Waals surface area contributed by atoms with Crippen molar-refractivity contribution in [2.24, 2.45) is 5.73 Å². The third-order valence-corrected chi connectivity index (χ3v) is 1.80. The van der Waals surface area contributed by atoms with E-state index < -0.39 is 5.91 Å². The zero-order valence-electron chi connectivity index (χ0n) is 8.41. The van der Waals surface area contributed by atoms with Gasteiger partial charge in [0.05, 0.1) is 0 Å². The molecule has 13 heavy (non-hydrogen) atoms. The van der Waals surface area contributed by atoms with E-state index in [4.69, 9.17) is 5.73 Å². The van der Waals surface area contributed by atoms with Crippen molar-refractivity contribution < 1.29 is 9.59 Å². The maximum absolute atomic E-state index is 11.5. The predicted octanol–water partition coefficient (Wildman–Crippen LogP) is -0.135. The quantitative estimate of drug-likeness (QED) is 0.666. The molecule has 0 heterocycles. The predicted molar refractivity (Wildman–Crippen MR) is 50.1 cm³/mol. The Kier molecular flexibility index (Phi) is 4.87. The highest BCUT2D eigenvalue weighted by Crippen LogP contribution is 1.95. The first-order valence-corrected chi connectivity index (χ1v) is 4.31. The van der Waals surface area contributed by atoms with E-state index >= 15 is 0 Å². The summed E-state index contributed by atoms with van der Waals surface area (Å²) in [6, 6.07) is -0.163. The fourth-order valence-corrected chi connectivity index (χ4v) is 0.879. The number of likely N-dealkylation sites (N-methyl/N-ethyl adjacent to an activating group) is 1. The molecule has 0 atom stereocenters. The zero-order chi connectivity index (χ0) is 10.4. The maximum atomic E-state index is 11.5. The molecular weight excluding hydrogens is 170 g/mol. The van der Waals surface area contributed by atoms with Crippen LogP contribution in [-0.2, 0) is 4.79 Å². The molecule has 5 heteroatoms. The Morgan fingerprint density at radius 3 is 2.08 bits per heavy atom. The molecule has 0 bridgehead atoms. The standard InChI is InChI=1S/C8H17N3O2/c1-4-10(3)8(13)11(5-2)6-7(9)12/h4-6H2,1-3H3,(H2,9,12). The van der Waals surface area contributed by atoms with Crippen LogP contribution in [0, 0.1) is 0 Å². The highest BCUT2D eigenvalue weighted by Gasteiger charge is 2.16. The molecule has 0 aliphatic carbocycles. The summed E-state index contributed by atoms with van der Waals surface area (Å²) >= 11 is 0. The van der Waals surface area contributed by atoms with Crippen LogP contribution in [0.1, 0.15) is 13.8 Å². The van der Waals surface area contributed by atoms with Crippen LogP contribution in [0.4, 0.5) is 4.79 Å². The van der Waals surface area contributed by atoms with E-state index in [0.717, 1.165) is 0 Å². The number of nitrogens with two attached hydrogens (primary N) is 1. The zero-order valence-corrected chi connectivity index (χ0v) is 8.41. The molecule has 76 valence electrons. The SMILES string of the molecule is CCN(C)C(=O)N(CC)CC(N)=O. The van der Waals surface area contributed by atoms with E-state index in [-0.39, 0.29) is 12.6 Å². The summed E-state index contributed by atoms with van der Waals surface area (Å²) in [7, 11) is 1.69. The van der Waals surface area contributed by atoms with E-state index in [0.29, 0.717) is 13.1 Å². The van der Waals surface area contributed by atoms with Gasteiger partial charge in [-0.1, -0.05) is 0 Å². The second-order valence-corrected chi connectivity index (χ2v) is 2.78. The Balaban J connectivity index is 4.22. The fraction of sp³-hybridized carbons (Fsp3) is 0.750. The lowest BCUT2D eigenvalue weighted by Gasteiger charge is -2.25. The Morgan fingerprint density at radius 2 is 1.77 bits per heavy atom. The van der Waals surface area contributed by atoms with Gasteiger partial charge in [-0.2, -0.15) is 0 Å².